The fraction of sp³-hybridized carbons (Fsp3) is 0.450. The van der Waals surface area contributed by atoms with Crippen molar-refractivity contribution in [2.45, 2.75) is 51.0 Å². The van der Waals surface area contributed by atoms with E-state index in [0.29, 0.717) is 22.4 Å². The lowest BCUT2D eigenvalue weighted by atomic mass is 10.1. The van der Waals surface area contributed by atoms with Crippen molar-refractivity contribution in [1.29, 1.82) is 0 Å². The highest BCUT2D eigenvalue weighted by Crippen LogP contribution is 2.22. The van der Waals surface area contributed by atoms with E-state index < -0.39 is 0 Å². The van der Waals surface area contributed by atoms with Gasteiger partial charge in [-0.2, -0.15) is 0 Å². The number of carbonyl (C=O) groups excluding carboxylic acids is 2. The second-order valence-electron chi connectivity index (χ2n) is 6.79. The summed E-state index contributed by atoms with van der Waals surface area (Å²) in [6, 6.07) is 9.38. The first-order valence-corrected chi connectivity index (χ1v) is 10.1. The van der Waals surface area contributed by atoms with Crippen LogP contribution in [0.4, 0.5) is 5.13 Å². The van der Waals surface area contributed by atoms with Crippen molar-refractivity contribution in [2.75, 3.05) is 12.4 Å². The summed E-state index contributed by atoms with van der Waals surface area (Å²) in [5, 5.41) is 5.17. The van der Waals surface area contributed by atoms with Gasteiger partial charge >= 0.3 is 0 Å². The minimum Gasteiger partial charge on any atom is -0.342 e. The fourth-order valence-corrected chi connectivity index (χ4v) is 4.04. The number of hydrogen-bond donors (Lipinski definition) is 1. The number of likely N-dealkylation sites (N-methyl/N-ethyl adjacent to an activating group) is 1. The maximum Gasteiger partial charge on any atom is 0.257 e. The maximum absolute atomic E-state index is 12.6. The van der Waals surface area contributed by atoms with E-state index in [1.165, 1.54) is 37.0 Å². The molecule has 0 radical (unpaired) electrons. The predicted molar refractivity (Wildman–Crippen MR) is 104 cm³/mol. The molecule has 6 heteroatoms. The number of thiazole rings is 1. The van der Waals surface area contributed by atoms with E-state index in [1.54, 1.807) is 12.1 Å². The summed E-state index contributed by atoms with van der Waals surface area (Å²) in [7, 11) is 1.91. The molecule has 0 bridgehead atoms. The van der Waals surface area contributed by atoms with Crippen LogP contribution in [0.15, 0.2) is 35.7 Å². The molecule has 1 saturated carbocycles. The van der Waals surface area contributed by atoms with Crippen LogP contribution in [-0.4, -0.2) is 34.8 Å². The van der Waals surface area contributed by atoms with Gasteiger partial charge in [0.2, 0.25) is 5.91 Å². The standard InChI is InChI=1S/C20H25N3O2S/c1-23(17-11-7-2-3-8-12-17)18(24)13-16-14-26-20(21-16)22-19(25)15-9-5-4-6-10-15/h4-6,9-10,14,17H,2-3,7-8,11-13H2,1H3,(H,21,22,25). The van der Waals surface area contributed by atoms with Gasteiger partial charge in [-0.05, 0) is 25.0 Å². The Kier molecular flexibility index (Phi) is 6.39. The molecule has 1 fully saturated rings. The molecule has 1 aromatic carbocycles. The summed E-state index contributed by atoms with van der Waals surface area (Å²) in [4.78, 5) is 31.0. The smallest absolute Gasteiger partial charge is 0.257 e. The Hall–Kier alpha value is -2.21. The van der Waals surface area contributed by atoms with Crippen molar-refractivity contribution < 1.29 is 9.59 Å². The van der Waals surface area contributed by atoms with E-state index in [-0.39, 0.29) is 18.2 Å². The predicted octanol–water partition coefficient (Wildman–Crippen LogP) is 4.12. The fourth-order valence-electron chi connectivity index (χ4n) is 3.33. The topological polar surface area (TPSA) is 62.3 Å². The van der Waals surface area contributed by atoms with Gasteiger partial charge in [0.25, 0.3) is 5.91 Å². The van der Waals surface area contributed by atoms with Crippen molar-refractivity contribution in [3.8, 4) is 0 Å². The molecule has 1 N–H and O–H groups in total. The van der Waals surface area contributed by atoms with Crippen LogP contribution in [0.3, 0.4) is 0 Å². The number of nitrogens with one attached hydrogen (secondary N) is 1. The molecule has 0 spiro atoms. The lowest BCUT2D eigenvalue weighted by Crippen LogP contribution is -2.37. The summed E-state index contributed by atoms with van der Waals surface area (Å²) in [6.07, 6.45) is 7.42. The zero-order valence-corrected chi connectivity index (χ0v) is 15.9. The average Bonchev–Trinajstić information content (AvgIpc) is 2.92. The van der Waals surface area contributed by atoms with E-state index in [1.807, 2.05) is 35.5 Å². The molecule has 2 aromatic rings. The van der Waals surface area contributed by atoms with Crippen molar-refractivity contribution in [3.05, 3.63) is 47.0 Å². The Balaban J connectivity index is 1.55. The lowest BCUT2D eigenvalue weighted by Gasteiger charge is -2.27. The first-order valence-electron chi connectivity index (χ1n) is 9.20. The van der Waals surface area contributed by atoms with Gasteiger partial charge in [-0.3, -0.25) is 14.9 Å². The second-order valence-corrected chi connectivity index (χ2v) is 7.65. The molecule has 0 unspecified atom stereocenters. The van der Waals surface area contributed by atoms with Gasteiger partial charge in [-0.1, -0.05) is 43.9 Å². The summed E-state index contributed by atoms with van der Waals surface area (Å²) < 4.78 is 0. The van der Waals surface area contributed by atoms with Crippen LogP contribution in [0, 0.1) is 0 Å². The molecule has 3 rings (SSSR count). The number of anilines is 1. The summed E-state index contributed by atoms with van der Waals surface area (Å²) >= 11 is 1.35. The Labute approximate surface area is 158 Å². The monoisotopic (exact) mass is 371 g/mol. The molecule has 0 saturated heterocycles. The van der Waals surface area contributed by atoms with Gasteiger partial charge in [-0.25, -0.2) is 4.98 Å². The Morgan fingerprint density at radius 1 is 1.15 bits per heavy atom. The molecular weight excluding hydrogens is 346 g/mol. The average molecular weight is 372 g/mol. The van der Waals surface area contributed by atoms with Gasteiger partial charge < -0.3 is 4.90 Å². The number of benzene rings is 1. The highest BCUT2D eigenvalue weighted by atomic mass is 32.1. The number of amides is 2. The molecular formula is C20H25N3O2S. The highest BCUT2D eigenvalue weighted by molar-refractivity contribution is 7.14. The van der Waals surface area contributed by atoms with Crippen molar-refractivity contribution in [1.82, 2.24) is 9.88 Å². The van der Waals surface area contributed by atoms with Gasteiger partial charge in [-0.15, -0.1) is 11.3 Å². The van der Waals surface area contributed by atoms with Crippen LogP contribution < -0.4 is 5.32 Å². The third-order valence-corrected chi connectivity index (χ3v) is 5.71. The van der Waals surface area contributed by atoms with E-state index in [4.69, 9.17) is 0 Å². The zero-order valence-electron chi connectivity index (χ0n) is 15.1. The van der Waals surface area contributed by atoms with Gasteiger partial charge in [0.05, 0.1) is 12.1 Å². The molecule has 0 atom stereocenters. The molecule has 1 aliphatic carbocycles. The van der Waals surface area contributed by atoms with Gasteiger partial charge in [0.15, 0.2) is 5.13 Å². The Morgan fingerprint density at radius 2 is 1.85 bits per heavy atom. The summed E-state index contributed by atoms with van der Waals surface area (Å²) in [5.74, 6) is -0.0865. The third kappa shape index (κ3) is 4.91. The van der Waals surface area contributed by atoms with Crippen molar-refractivity contribution in [2.24, 2.45) is 0 Å². The Bertz CT molecular complexity index is 737. The molecule has 138 valence electrons. The molecule has 1 aliphatic rings. The SMILES string of the molecule is CN(C(=O)Cc1csc(NC(=O)c2ccccc2)n1)C1CCCCCC1. The first-order chi connectivity index (χ1) is 12.6. The van der Waals surface area contributed by atoms with Gasteiger partial charge in [0, 0.05) is 24.0 Å². The van der Waals surface area contributed by atoms with Crippen molar-refractivity contribution in [3.63, 3.8) is 0 Å². The van der Waals surface area contributed by atoms with Crippen molar-refractivity contribution >= 4 is 28.3 Å². The number of nitrogens with zero attached hydrogens (tertiary/aromatic N) is 2. The largest absolute Gasteiger partial charge is 0.342 e. The summed E-state index contributed by atoms with van der Waals surface area (Å²) in [5.41, 5.74) is 1.30. The van der Waals surface area contributed by atoms with E-state index >= 15 is 0 Å². The van der Waals surface area contributed by atoms with Crippen LogP contribution in [0.1, 0.15) is 54.6 Å². The van der Waals surface area contributed by atoms with E-state index in [2.05, 4.69) is 10.3 Å². The highest BCUT2D eigenvalue weighted by Gasteiger charge is 2.22. The minimum absolute atomic E-state index is 0.100. The number of hydrogen-bond acceptors (Lipinski definition) is 4. The first kappa shape index (κ1) is 18.6. The molecule has 26 heavy (non-hydrogen) atoms. The Morgan fingerprint density at radius 3 is 2.54 bits per heavy atom. The quantitative estimate of drug-likeness (QED) is 0.804. The minimum atomic E-state index is -0.187. The van der Waals surface area contributed by atoms with E-state index in [9.17, 15) is 9.59 Å². The molecule has 1 heterocycles. The number of rotatable bonds is 5. The summed E-state index contributed by atoms with van der Waals surface area (Å²) in [6.45, 7) is 0. The molecule has 0 aliphatic heterocycles. The normalized spacial score (nSPS) is 15.3. The van der Waals surface area contributed by atoms with Crippen LogP contribution in [-0.2, 0) is 11.2 Å². The van der Waals surface area contributed by atoms with Crippen LogP contribution >= 0.6 is 11.3 Å². The second kappa shape index (κ2) is 8.94. The molecule has 5 nitrogen and oxygen atoms in total. The zero-order chi connectivity index (χ0) is 18.4. The molecule has 2 amide bonds. The lowest BCUT2D eigenvalue weighted by molar-refractivity contribution is -0.131. The number of carbonyl (C=O) groups is 2. The number of aromatic nitrogens is 1. The van der Waals surface area contributed by atoms with Crippen LogP contribution in [0.25, 0.3) is 0 Å². The van der Waals surface area contributed by atoms with Crippen LogP contribution in [0.5, 0.6) is 0 Å². The molecule has 1 aromatic heterocycles. The van der Waals surface area contributed by atoms with Gasteiger partial charge in [0.1, 0.15) is 0 Å². The van der Waals surface area contributed by atoms with E-state index in [0.717, 1.165) is 12.8 Å². The van der Waals surface area contributed by atoms with Crippen LogP contribution in [0.2, 0.25) is 0 Å². The maximum atomic E-state index is 12.6. The third-order valence-electron chi connectivity index (χ3n) is 4.91.